The van der Waals surface area contributed by atoms with Crippen molar-refractivity contribution in [1.29, 1.82) is 0 Å². The Bertz CT molecular complexity index is 1430. The predicted octanol–water partition coefficient (Wildman–Crippen LogP) is 6.49. The predicted molar refractivity (Wildman–Crippen MR) is 181 cm³/mol. The molecule has 3 aliphatic rings. The first-order valence-electron chi connectivity index (χ1n) is 17.4. The number of cyclic esters (lactones) is 1. The zero-order valence-corrected chi connectivity index (χ0v) is 27.8. The van der Waals surface area contributed by atoms with E-state index in [-0.39, 0.29) is 35.0 Å². The van der Waals surface area contributed by atoms with Crippen LogP contribution in [0.25, 0.3) is 6.08 Å². The summed E-state index contributed by atoms with van der Waals surface area (Å²) in [5, 5.41) is 26.4. The molecule has 0 aromatic heterocycles. The van der Waals surface area contributed by atoms with Gasteiger partial charge in [-0.25, -0.2) is 4.79 Å². The minimum Gasteiger partial charge on any atom is -0.507 e. The van der Waals surface area contributed by atoms with E-state index in [9.17, 15) is 24.6 Å². The van der Waals surface area contributed by atoms with Crippen LogP contribution in [0.5, 0.6) is 17.2 Å². The zero-order valence-electron chi connectivity index (χ0n) is 27.8. The number of Topliss-reactive ketones (excluding diaryl/α,β-unsaturated/α-hetero) is 1. The molecule has 2 fully saturated rings. The molecule has 2 aromatic carbocycles. The van der Waals surface area contributed by atoms with E-state index in [4.69, 9.17) is 9.47 Å². The number of hydrogen-bond acceptors (Lipinski definition) is 8. The number of rotatable bonds is 7. The van der Waals surface area contributed by atoms with Crippen LogP contribution in [0.1, 0.15) is 117 Å². The van der Waals surface area contributed by atoms with E-state index in [1.165, 1.54) is 18.9 Å². The van der Waals surface area contributed by atoms with Crippen LogP contribution in [0.15, 0.2) is 36.4 Å². The molecule has 1 unspecified atom stereocenters. The number of hydrogen-bond donors (Lipinski definition) is 3. The molecular weight excluding hydrogens is 596 g/mol. The number of aromatic hydroxyl groups is 2. The van der Waals surface area contributed by atoms with Crippen LogP contribution in [-0.2, 0) is 14.3 Å². The molecule has 3 heterocycles. The number of piperidine rings is 2. The Labute approximate surface area is 278 Å². The molecule has 47 heavy (non-hydrogen) atoms. The van der Waals surface area contributed by atoms with Crippen molar-refractivity contribution >= 4 is 23.7 Å². The van der Waals surface area contributed by atoms with Crippen LogP contribution in [0.4, 0.5) is 0 Å². The average Bonchev–Trinajstić information content (AvgIpc) is 3.06. The second kappa shape index (κ2) is 16.3. The van der Waals surface area contributed by atoms with Gasteiger partial charge >= 0.3 is 5.97 Å². The maximum Gasteiger partial charge on any atom is 0.342 e. The number of methoxy groups -OCH3 is 1. The smallest absolute Gasteiger partial charge is 0.342 e. The highest BCUT2D eigenvalue weighted by Gasteiger charge is 2.34. The second-order valence-corrected chi connectivity index (χ2v) is 13.4. The van der Waals surface area contributed by atoms with Crippen molar-refractivity contribution in [2.24, 2.45) is 5.92 Å². The summed E-state index contributed by atoms with van der Waals surface area (Å²) >= 11 is 0. The van der Waals surface area contributed by atoms with Crippen LogP contribution in [-0.4, -0.2) is 71.7 Å². The second-order valence-electron chi connectivity index (χ2n) is 13.4. The molecule has 2 aromatic rings. The monoisotopic (exact) mass is 646 g/mol. The van der Waals surface area contributed by atoms with Crippen molar-refractivity contribution in [1.82, 2.24) is 10.2 Å². The molecule has 254 valence electrons. The average molecular weight is 647 g/mol. The molecule has 5 rings (SSSR count). The quantitative estimate of drug-likeness (QED) is 0.292. The number of ketones is 1. The number of allylic oxidation sites excluding steroid dienone is 1. The Balaban J connectivity index is 1.46. The molecule has 3 aliphatic heterocycles. The summed E-state index contributed by atoms with van der Waals surface area (Å²) < 4.78 is 11.1. The first-order chi connectivity index (χ1) is 22.7. The zero-order chi connectivity index (χ0) is 33.3. The van der Waals surface area contributed by atoms with Gasteiger partial charge in [0, 0.05) is 43.3 Å². The van der Waals surface area contributed by atoms with Gasteiger partial charge in [0.15, 0.2) is 0 Å². The van der Waals surface area contributed by atoms with Crippen molar-refractivity contribution < 1.29 is 34.1 Å². The van der Waals surface area contributed by atoms with E-state index >= 15 is 0 Å². The molecular formula is C38H50N2O7. The van der Waals surface area contributed by atoms with E-state index in [0.717, 1.165) is 32.4 Å². The normalized spacial score (nSPS) is 24.2. The number of amides is 1. The number of carbonyl (C=O) groups excluding carboxylic acids is 3. The van der Waals surface area contributed by atoms with Gasteiger partial charge in [-0.15, -0.1) is 0 Å². The van der Waals surface area contributed by atoms with Crippen LogP contribution >= 0.6 is 0 Å². The lowest BCUT2D eigenvalue weighted by Gasteiger charge is -2.44. The molecule has 4 atom stereocenters. The molecule has 0 spiro atoms. The number of nitrogens with one attached hydrogen (secondary N) is 1. The third kappa shape index (κ3) is 8.74. The topological polar surface area (TPSA) is 125 Å². The highest BCUT2D eigenvalue weighted by Crippen LogP contribution is 2.44. The Morgan fingerprint density at radius 3 is 2.57 bits per heavy atom. The highest BCUT2D eigenvalue weighted by atomic mass is 16.5. The summed E-state index contributed by atoms with van der Waals surface area (Å²) in [6.07, 6.45) is 12.1. The molecule has 9 heteroatoms. The highest BCUT2D eigenvalue weighted by molar-refractivity contribution is 5.98. The molecule has 0 aliphatic carbocycles. The van der Waals surface area contributed by atoms with E-state index in [2.05, 4.69) is 10.2 Å². The first kappa shape index (κ1) is 34.5. The lowest BCUT2D eigenvalue weighted by molar-refractivity contribution is -0.122. The molecule has 0 saturated carbocycles. The summed E-state index contributed by atoms with van der Waals surface area (Å²) in [6.45, 7) is 4.60. The van der Waals surface area contributed by atoms with Gasteiger partial charge in [0.1, 0.15) is 28.6 Å². The lowest BCUT2D eigenvalue weighted by Crippen LogP contribution is -2.51. The van der Waals surface area contributed by atoms with Crippen molar-refractivity contribution in [2.45, 2.75) is 102 Å². The number of ether oxygens (including phenoxy) is 2. The fraction of sp³-hybridized carbons (Fsp3) is 0.553. The van der Waals surface area contributed by atoms with Crippen LogP contribution in [0.3, 0.4) is 0 Å². The van der Waals surface area contributed by atoms with Crippen LogP contribution < -0.4 is 10.1 Å². The fourth-order valence-electron chi connectivity index (χ4n) is 7.56. The van der Waals surface area contributed by atoms with Crippen molar-refractivity contribution in [2.75, 3.05) is 26.7 Å². The number of nitrogens with zero attached hydrogens (tertiary/aromatic N) is 1. The van der Waals surface area contributed by atoms with Gasteiger partial charge in [0.25, 0.3) is 0 Å². The Kier molecular flexibility index (Phi) is 12.0. The number of phenolic OH excluding ortho intramolecular Hbond substituents is 2. The lowest BCUT2D eigenvalue weighted by atomic mass is 9.83. The maximum atomic E-state index is 13.6. The molecule has 3 N–H and O–H groups in total. The SMILES string of the molecule is COc1ccc(C(CC(=O)NC[C@@H]2CCCN3CCCC[C@H]23)c2c(O)cc3c(c2O)C(=O)O[C@@H](C)CCCC(=O)CCC/C=C/3)cc1. The van der Waals surface area contributed by atoms with Gasteiger partial charge in [-0.2, -0.15) is 0 Å². The molecule has 0 bridgehead atoms. The van der Waals surface area contributed by atoms with Gasteiger partial charge < -0.3 is 29.9 Å². The number of fused-ring (bicyclic) bond motifs is 2. The number of carbonyl (C=O) groups is 3. The third-order valence-corrected chi connectivity index (χ3v) is 10.1. The summed E-state index contributed by atoms with van der Waals surface area (Å²) in [4.78, 5) is 42.0. The van der Waals surface area contributed by atoms with Crippen LogP contribution in [0.2, 0.25) is 0 Å². The number of esters is 1. The summed E-state index contributed by atoms with van der Waals surface area (Å²) in [5.74, 6) is -1.07. The van der Waals surface area contributed by atoms with Crippen molar-refractivity contribution in [3.05, 3.63) is 58.7 Å². The standard InChI is InChI=1S/C38H50N2O7/c1-25-10-8-14-29(41)13-5-3-4-11-27-22-33(42)36(37(44)35(27)38(45)47-25)31(26-16-18-30(46-2)19-17-26)23-34(43)39-24-28-12-9-21-40-20-7-6-15-32(28)40/h4,11,16-19,22,25,28,31-32,42,44H,3,5-10,12-15,20-21,23-24H2,1-2H3,(H,39,43)/b11-4+/t25-,28-,31?,32+/m0/s1. The number of phenols is 2. The minimum atomic E-state index is -0.753. The van der Waals surface area contributed by atoms with Crippen molar-refractivity contribution in [3.63, 3.8) is 0 Å². The summed E-state index contributed by atoms with van der Waals surface area (Å²) in [5.41, 5.74) is 1.06. The van der Waals surface area contributed by atoms with Gasteiger partial charge in [-0.3, -0.25) is 9.59 Å². The number of benzene rings is 2. The minimum absolute atomic E-state index is 0.0390. The van der Waals surface area contributed by atoms with Gasteiger partial charge in [0.2, 0.25) is 5.91 Å². The fourth-order valence-corrected chi connectivity index (χ4v) is 7.56. The van der Waals surface area contributed by atoms with Crippen LogP contribution in [0, 0.1) is 5.92 Å². The molecule has 2 saturated heterocycles. The summed E-state index contributed by atoms with van der Waals surface area (Å²) in [7, 11) is 1.57. The van der Waals surface area contributed by atoms with Gasteiger partial charge in [-0.1, -0.05) is 30.7 Å². The largest absolute Gasteiger partial charge is 0.507 e. The Morgan fingerprint density at radius 1 is 1.02 bits per heavy atom. The first-order valence-corrected chi connectivity index (χ1v) is 17.4. The van der Waals surface area contributed by atoms with Gasteiger partial charge in [-0.05, 0) is 107 Å². The third-order valence-electron chi connectivity index (χ3n) is 10.1. The molecule has 1 amide bonds. The Morgan fingerprint density at radius 2 is 1.79 bits per heavy atom. The molecule has 9 nitrogen and oxygen atoms in total. The van der Waals surface area contributed by atoms with E-state index in [1.54, 1.807) is 32.2 Å². The van der Waals surface area contributed by atoms with E-state index in [1.807, 2.05) is 18.2 Å². The van der Waals surface area contributed by atoms with Gasteiger partial charge in [0.05, 0.1) is 13.2 Å². The van der Waals surface area contributed by atoms with Crippen molar-refractivity contribution in [3.8, 4) is 17.2 Å². The Hall–Kier alpha value is -3.85. The van der Waals surface area contributed by atoms with E-state index in [0.29, 0.717) is 73.9 Å². The van der Waals surface area contributed by atoms with E-state index < -0.39 is 23.7 Å². The molecule has 0 radical (unpaired) electrons. The maximum absolute atomic E-state index is 13.6. The summed E-state index contributed by atoms with van der Waals surface area (Å²) in [6, 6.07) is 9.12.